The molecule has 53 heavy (non-hydrogen) atoms. The van der Waals surface area contributed by atoms with Gasteiger partial charge in [0.25, 0.3) is 17.7 Å². The first-order valence-electron chi connectivity index (χ1n) is 17.3. The van der Waals surface area contributed by atoms with Crippen LogP contribution in [0.3, 0.4) is 0 Å². The van der Waals surface area contributed by atoms with Gasteiger partial charge in [-0.2, -0.15) is 5.26 Å². The third kappa shape index (κ3) is 6.10. The van der Waals surface area contributed by atoms with Crippen LogP contribution in [0.5, 0.6) is 0 Å². The summed E-state index contributed by atoms with van der Waals surface area (Å²) in [6, 6.07) is 18.8. The summed E-state index contributed by atoms with van der Waals surface area (Å²) in [5.74, 6) is -1.40. The minimum atomic E-state index is -1.35. The lowest BCUT2D eigenvalue weighted by molar-refractivity contribution is -0.125. The molecule has 2 aromatic carbocycles. The molecule has 3 fully saturated rings. The van der Waals surface area contributed by atoms with Gasteiger partial charge in [-0.1, -0.05) is 41.4 Å². The number of nitrogens with one attached hydrogen (secondary N) is 2. The Morgan fingerprint density at radius 2 is 1.74 bits per heavy atom. The zero-order valence-electron chi connectivity index (χ0n) is 28.6. The summed E-state index contributed by atoms with van der Waals surface area (Å²) < 4.78 is 1.58. The number of benzene rings is 2. The van der Waals surface area contributed by atoms with Crippen LogP contribution in [-0.2, 0) is 27.1 Å². The highest BCUT2D eigenvalue weighted by molar-refractivity contribution is 6.35. The second-order valence-corrected chi connectivity index (χ2v) is 15.4. The lowest BCUT2D eigenvalue weighted by Gasteiger charge is -2.27. The largest absolute Gasteiger partial charge is 0.391 e. The van der Waals surface area contributed by atoms with Crippen LogP contribution >= 0.6 is 23.2 Å². The van der Waals surface area contributed by atoms with E-state index in [0.29, 0.717) is 65.6 Å². The molecule has 13 nitrogen and oxygen atoms in total. The van der Waals surface area contributed by atoms with Gasteiger partial charge in [-0.15, -0.1) is 0 Å². The number of carbonyl (C=O) groups excluding carboxylic acids is 4. The van der Waals surface area contributed by atoms with Gasteiger partial charge < -0.3 is 20.6 Å². The molecule has 4 aromatic rings. The van der Waals surface area contributed by atoms with E-state index in [1.165, 1.54) is 11.1 Å². The Labute approximate surface area is 314 Å². The third-order valence-electron chi connectivity index (χ3n) is 10.6. The van der Waals surface area contributed by atoms with E-state index in [1.54, 1.807) is 77.1 Å². The van der Waals surface area contributed by atoms with Crippen LogP contribution in [0.25, 0.3) is 0 Å². The van der Waals surface area contributed by atoms with E-state index in [-0.39, 0.29) is 48.0 Å². The van der Waals surface area contributed by atoms with Crippen LogP contribution in [0, 0.1) is 11.3 Å². The van der Waals surface area contributed by atoms with Crippen molar-refractivity contribution < 1.29 is 24.3 Å². The monoisotopic (exact) mass is 752 g/mol. The molecule has 4 aliphatic rings. The summed E-state index contributed by atoms with van der Waals surface area (Å²) in [4.78, 5) is 67.8. The molecule has 2 aromatic heterocycles. The molecule has 0 unspecified atom stereocenters. The maximum absolute atomic E-state index is 14.4. The number of likely N-dealkylation sites (tertiary alicyclic amines) is 1. The number of pyridine rings is 1. The number of nitrogens with zero attached hydrogens (tertiary/aromatic N) is 6. The van der Waals surface area contributed by atoms with Crippen molar-refractivity contribution in [1.82, 2.24) is 30.1 Å². The Kier molecular flexibility index (Phi) is 8.32. The molecular formula is C38H34Cl2N8O5. The van der Waals surface area contributed by atoms with Crippen molar-refractivity contribution in [3.05, 3.63) is 105 Å². The minimum Gasteiger partial charge on any atom is -0.391 e. The van der Waals surface area contributed by atoms with Crippen LogP contribution in [0.1, 0.15) is 76.8 Å². The fraction of sp³-hybridized carbons (Fsp3) is 0.342. The molecule has 2 atom stereocenters. The van der Waals surface area contributed by atoms with Crippen LogP contribution in [0.4, 0.5) is 11.6 Å². The van der Waals surface area contributed by atoms with Crippen molar-refractivity contribution in [2.45, 2.75) is 68.2 Å². The molecular weight excluding hydrogens is 719 g/mol. The quantitative estimate of drug-likeness (QED) is 0.226. The van der Waals surface area contributed by atoms with Crippen molar-refractivity contribution in [3.63, 3.8) is 0 Å². The van der Waals surface area contributed by atoms with Gasteiger partial charge in [0.1, 0.15) is 22.5 Å². The number of fused-ring (bicyclic) bond motifs is 1. The predicted molar refractivity (Wildman–Crippen MR) is 194 cm³/mol. The lowest BCUT2D eigenvalue weighted by atomic mass is 9.91. The molecule has 2 aliphatic carbocycles. The predicted octanol–water partition coefficient (Wildman–Crippen LogP) is 4.37. The Morgan fingerprint density at radius 1 is 1.02 bits per heavy atom. The van der Waals surface area contributed by atoms with Crippen molar-refractivity contribution in [1.29, 1.82) is 5.26 Å². The molecule has 0 bridgehead atoms. The highest BCUT2D eigenvalue weighted by Crippen LogP contribution is 2.48. The maximum atomic E-state index is 14.4. The number of aliphatic hydroxyl groups is 1. The minimum absolute atomic E-state index is 0.0836. The summed E-state index contributed by atoms with van der Waals surface area (Å²) >= 11 is 12.7. The van der Waals surface area contributed by atoms with Gasteiger partial charge in [-0.05, 0) is 87.1 Å². The van der Waals surface area contributed by atoms with E-state index in [9.17, 15) is 29.5 Å². The Morgan fingerprint density at radius 3 is 2.36 bits per heavy atom. The van der Waals surface area contributed by atoms with Gasteiger partial charge >= 0.3 is 0 Å². The van der Waals surface area contributed by atoms with Crippen LogP contribution < -0.4 is 15.5 Å². The zero-order chi connectivity index (χ0) is 37.3. The number of hydrogen-bond acceptors (Lipinski definition) is 8. The number of amides is 4. The summed E-state index contributed by atoms with van der Waals surface area (Å²) in [5, 5.41) is 25.9. The first-order valence-corrected chi connectivity index (χ1v) is 18.1. The molecule has 3 N–H and O–H groups in total. The van der Waals surface area contributed by atoms with Gasteiger partial charge in [0.15, 0.2) is 0 Å². The van der Waals surface area contributed by atoms with Gasteiger partial charge in [-0.25, -0.2) is 14.9 Å². The lowest BCUT2D eigenvalue weighted by Crippen LogP contribution is -2.52. The topological polar surface area (TPSA) is 174 Å². The molecule has 15 heteroatoms. The van der Waals surface area contributed by atoms with Gasteiger partial charge in [-0.3, -0.25) is 23.7 Å². The second kappa shape index (κ2) is 12.7. The molecule has 2 saturated carbocycles. The number of rotatable bonds is 9. The van der Waals surface area contributed by atoms with Crippen molar-refractivity contribution in [2.24, 2.45) is 0 Å². The van der Waals surface area contributed by atoms with Gasteiger partial charge in [0, 0.05) is 29.6 Å². The number of aliphatic hydroxyl groups excluding tert-OH is 1. The number of nitriles is 1. The number of imidazole rings is 1. The van der Waals surface area contributed by atoms with E-state index >= 15 is 0 Å². The summed E-state index contributed by atoms with van der Waals surface area (Å²) in [6.45, 7) is 2.42. The highest BCUT2D eigenvalue weighted by atomic mass is 35.5. The van der Waals surface area contributed by atoms with Crippen molar-refractivity contribution >= 4 is 58.5 Å². The number of anilines is 2. The van der Waals surface area contributed by atoms with E-state index in [4.69, 9.17) is 23.2 Å². The molecule has 4 heterocycles. The van der Waals surface area contributed by atoms with E-state index < -0.39 is 28.6 Å². The van der Waals surface area contributed by atoms with Crippen molar-refractivity contribution in [3.8, 4) is 6.07 Å². The van der Waals surface area contributed by atoms with Crippen LogP contribution in [-0.4, -0.2) is 72.9 Å². The molecule has 8 rings (SSSR count). The first-order chi connectivity index (χ1) is 25.3. The van der Waals surface area contributed by atoms with Crippen molar-refractivity contribution in [2.75, 3.05) is 18.0 Å². The first kappa shape index (κ1) is 34.8. The highest BCUT2D eigenvalue weighted by Gasteiger charge is 2.57. The zero-order valence-corrected chi connectivity index (χ0v) is 30.1. The van der Waals surface area contributed by atoms with Crippen LogP contribution in [0.15, 0.2) is 66.9 Å². The molecule has 1 saturated heterocycles. The van der Waals surface area contributed by atoms with E-state index in [0.717, 1.165) is 5.56 Å². The molecule has 0 spiro atoms. The molecule has 2 aliphatic heterocycles. The average Bonchev–Trinajstić information content (AvgIpc) is 3.98. The Balaban J connectivity index is 1.06. The number of aromatic nitrogens is 3. The molecule has 4 amide bonds. The fourth-order valence-corrected chi connectivity index (χ4v) is 7.87. The molecule has 0 radical (unpaired) electrons. The summed E-state index contributed by atoms with van der Waals surface area (Å²) in [7, 11) is 0. The summed E-state index contributed by atoms with van der Waals surface area (Å²) in [5.41, 5.74) is -0.832. The normalized spacial score (nSPS) is 21.9. The van der Waals surface area contributed by atoms with Gasteiger partial charge in [0.05, 0.1) is 40.9 Å². The summed E-state index contributed by atoms with van der Waals surface area (Å²) in [6.07, 6.45) is 3.54. The number of hydrogen-bond donors (Lipinski definition) is 3. The fourth-order valence-electron chi connectivity index (χ4n) is 7.36. The van der Waals surface area contributed by atoms with Gasteiger partial charge in [0.2, 0.25) is 11.9 Å². The SMILES string of the molecule is C[C@@]1(Cc2ccc(C#N)cc2)C(=O)N(c2cc(Cl)cc(Cl)c2)c2ncc(C(=O)NC3(C(=O)NC4(c5cccc(C(=O)N6CC[C@@H](O)C6)n5)CC4)CC3)n21. The third-order valence-corrected chi connectivity index (χ3v) is 11.1. The maximum Gasteiger partial charge on any atom is 0.272 e. The number of carbonyl (C=O) groups is 4. The average molecular weight is 754 g/mol. The molecule has 270 valence electrons. The number of halogens is 2. The smallest absolute Gasteiger partial charge is 0.272 e. The second-order valence-electron chi connectivity index (χ2n) is 14.5. The van der Waals surface area contributed by atoms with Crippen LogP contribution in [0.2, 0.25) is 10.0 Å². The number of β-amino-alcohol motifs (C(OH)–C–C–N with tert-alkyl or cyclic N) is 1. The Hall–Kier alpha value is -5.29. The Bertz CT molecular complexity index is 2220. The van der Waals surface area contributed by atoms with E-state index in [1.807, 2.05) is 0 Å². The van der Waals surface area contributed by atoms with E-state index in [2.05, 4.69) is 26.7 Å². The standard InChI is InChI=1S/C38H34Cl2N8O5/c1-36(18-22-5-7-23(19-41)8-6-22)34(53)47(26-16-24(39)15-25(40)17-26)35-42-20-29(48(35)36)31(50)44-38(12-13-38)33(52)45-37(10-11-37)30-4-2-3-28(43-30)32(51)46-14-9-27(49)21-46/h2-8,15-17,20,27,49H,9-14,18,21H2,1H3,(H,44,50)(H,45,52)/t27-,36-/m1/s1.